The van der Waals surface area contributed by atoms with Gasteiger partial charge in [-0.3, -0.25) is 9.59 Å². The molecule has 0 aliphatic carbocycles. The van der Waals surface area contributed by atoms with Gasteiger partial charge in [-0.1, -0.05) is 6.58 Å². The zero-order valence-electron chi connectivity index (χ0n) is 16.7. The minimum atomic E-state index is -0.842. The van der Waals surface area contributed by atoms with E-state index in [-0.39, 0.29) is 12.8 Å². The molecule has 9 nitrogen and oxygen atoms in total. The Morgan fingerprint density at radius 1 is 1.04 bits per heavy atom. The molecule has 0 aromatic carbocycles. The third-order valence-electron chi connectivity index (χ3n) is 4.67. The maximum Gasteiger partial charge on any atom is 0.310 e. The van der Waals surface area contributed by atoms with Gasteiger partial charge in [0.1, 0.15) is 12.2 Å². The molecule has 0 aromatic heterocycles. The Morgan fingerprint density at radius 2 is 1.75 bits per heavy atom. The lowest BCUT2D eigenvalue weighted by atomic mass is 10.1. The van der Waals surface area contributed by atoms with Gasteiger partial charge in [0.2, 0.25) is 0 Å². The fraction of sp³-hybridized carbons (Fsp3) is 0.789. The second kappa shape index (κ2) is 8.08. The SMILES string of the molecule is C=COC(=O)CCCC(=O)O[C@@H]1[C@H]2OC(C)(C)O[C@H]2O[C@@H]1C1COC(C)(C)O1. The summed E-state index contributed by atoms with van der Waals surface area (Å²) in [5, 5.41) is 0. The van der Waals surface area contributed by atoms with Gasteiger partial charge in [0, 0.05) is 12.8 Å². The highest BCUT2D eigenvalue weighted by atomic mass is 16.8. The van der Waals surface area contributed by atoms with Crippen LogP contribution in [0, 0.1) is 0 Å². The monoisotopic (exact) mass is 400 g/mol. The Hall–Kier alpha value is -1.52. The molecule has 3 fully saturated rings. The molecule has 28 heavy (non-hydrogen) atoms. The number of hydrogen-bond donors (Lipinski definition) is 0. The zero-order valence-corrected chi connectivity index (χ0v) is 16.7. The molecule has 0 aromatic rings. The maximum atomic E-state index is 12.4. The number of carbonyl (C=O) groups excluding carboxylic acids is 2. The molecule has 5 atom stereocenters. The van der Waals surface area contributed by atoms with E-state index >= 15 is 0 Å². The first-order chi connectivity index (χ1) is 13.1. The molecule has 3 rings (SSSR count). The van der Waals surface area contributed by atoms with Crippen LogP contribution in [0.2, 0.25) is 0 Å². The molecule has 0 N–H and O–H groups in total. The summed E-state index contributed by atoms with van der Waals surface area (Å²) >= 11 is 0. The van der Waals surface area contributed by atoms with Gasteiger partial charge in [0.05, 0.1) is 12.9 Å². The van der Waals surface area contributed by atoms with E-state index < -0.39 is 54.2 Å². The summed E-state index contributed by atoms with van der Waals surface area (Å²) < 4.78 is 39.4. The van der Waals surface area contributed by atoms with Gasteiger partial charge in [-0.05, 0) is 34.1 Å². The number of ether oxygens (including phenoxy) is 7. The molecule has 9 heteroatoms. The van der Waals surface area contributed by atoms with Crippen molar-refractivity contribution in [1.29, 1.82) is 0 Å². The average molecular weight is 400 g/mol. The van der Waals surface area contributed by atoms with Crippen molar-refractivity contribution < 1.29 is 42.7 Å². The van der Waals surface area contributed by atoms with Gasteiger partial charge in [-0.15, -0.1) is 0 Å². The van der Waals surface area contributed by atoms with Gasteiger partial charge >= 0.3 is 11.9 Å². The van der Waals surface area contributed by atoms with E-state index in [0.29, 0.717) is 13.0 Å². The molecular weight excluding hydrogens is 372 g/mol. The minimum Gasteiger partial charge on any atom is -0.456 e. The summed E-state index contributed by atoms with van der Waals surface area (Å²) in [6, 6.07) is 0. The van der Waals surface area contributed by atoms with E-state index in [2.05, 4.69) is 11.3 Å². The molecule has 0 radical (unpaired) electrons. The van der Waals surface area contributed by atoms with E-state index in [4.69, 9.17) is 28.4 Å². The Bertz CT molecular complexity index is 615. The Kier molecular flexibility index (Phi) is 6.11. The van der Waals surface area contributed by atoms with Crippen LogP contribution in [-0.4, -0.2) is 60.8 Å². The highest BCUT2D eigenvalue weighted by molar-refractivity contribution is 5.73. The number of esters is 2. The van der Waals surface area contributed by atoms with Crippen LogP contribution in [0.5, 0.6) is 0 Å². The summed E-state index contributed by atoms with van der Waals surface area (Å²) in [6.07, 6.45) is -1.42. The van der Waals surface area contributed by atoms with Crippen LogP contribution in [-0.2, 0) is 42.7 Å². The number of carbonyl (C=O) groups is 2. The maximum absolute atomic E-state index is 12.4. The summed E-state index contributed by atoms with van der Waals surface area (Å²) in [7, 11) is 0. The van der Waals surface area contributed by atoms with Gasteiger partial charge in [-0.25, -0.2) is 0 Å². The third-order valence-corrected chi connectivity index (χ3v) is 4.67. The van der Waals surface area contributed by atoms with Gasteiger partial charge in [-0.2, -0.15) is 0 Å². The predicted molar refractivity (Wildman–Crippen MR) is 93.6 cm³/mol. The van der Waals surface area contributed by atoms with Crippen LogP contribution in [0.25, 0.3) is 0 Å². The average Bonchev–Trinajstić information content (AvgIpc) is 3.18. The number of fused-ring (bicyclic) bond motifs is 1. The fourth-order valence-corrected chi connectivity index (χ4v) is 3.55. The molecule has 0 spiro atoms. The van der Waals surface area contributed by atoms with Crippen molar-refractivity contribution in [1.82, 2.24) is 0 Å². The lowest BCUT2D eigenvalue weighted by molar-refractivity contribution is -0.235. The molecule has 3 saturated heterocycles. The van der Waals surface area contributed by atoms with Crippen molar-refractivity contribution in [3.63, 3.8) is 0 Å². The molecule has 3 heterocycles. The molecule has 0 bridgehead atoms. The van der Waals surface area contributed by atoms with Gasteiger partial charge in [0.15, 0.2) is 30.1 Å². The van der Waals surface area contributed by atoms with E-state index in [1.54, 1.807) is 13.8 Å². The lowest BCUT2D eigenvalue weighted by Gasteiger charge is -2.28. The molecule has 1 unspecified atom stereocenters. The van der Waals surface area contributed by atoms with Crippen molar-refractivity contribution in [2.75, 3.05) is 6.61 Å². The largest absolute Gasteiger partial charge is 0.456 e. The van der Waals surface area contributed by atoms with E-state index in [9.17, 15) is 9.59 Å². The second-order valence-corrected chi connectivity index (χ2v) is 7.90. The molecule has 158 valence electrons. The van der Waals surface area contributed by atoms with Gasteiger partial charge < -0.3 is 33.2 Å². The fourth-order valence-electron chi connectivity index (χ4n) is 3.55. The molecule has 0 amide bonds. The van der Waals surface area contributed by atoms with Gasteiger partial charge in [0.25, 0.3) is 0 Å². The van der Waals surface area contributed by atoms with Crippen LogP contribution >= 0.6 is 0 Å². The molecule has 0 saturated carbocycles. The van der Waals surface area contributed by atoms with E-state index in [0.717, 1.165) is 6.26 Å². The standard InChI is InChI=1S/C19H28O9/c1-6-22-12(20)8-7-9-13(21)24-15-14(11-10-23-18(2,3)26-11)25-17-16(15)27-19(4,5)28-17/h6,11,14-17H,1,7-10H2,2-5H3/t11?,14-,15+,16-,17-/m1/s1. The summed E-state index contributed by atoms with van der Waals surface area (Å²) in [5.41, 5.74) is 0. The van der Waals surface area contributed by atoms with Crippen LogP contribution in [0.15, 0.2) is 12.8 Å². The Balaban J connectivity index is 1.61. The highest BCUT2D eigenvalue weighted by Crippen LogP contribution is 2.42. The number of rotatable bonds is 7. The van der Waals surface area contributed by atoms with Crippen LogP contribution in [0.4, 0.5) is 0 Å². The predicted octanol–water partition coefficient (Wildman–Crippen LogP) is 1.78. The first-order valence-corrected chi connectivity index (χ1v) is 9.43. The van der Waals surface area contributed by atoms with E-state index in [1.807, 2.05) is 13.8 Å². The Morgan fingerprint density at radius 3 is 2.39 bits per heavy atom. The summed E-state index contributed by atoms with van der Waals surface area (Å²) in [5.74, 6) is -2.49. The first kappa shape index (κ1) is 21.2. The summed E-state index contributed by atoms with van der Waals surface area (Å²) in [6.45, 7) is 10.8. The molecular formula is C19H28O9. The van der Waals surface area contributed by atoms with Crippen molar-refractivity contribution in [3.05, 3.63) is 12.8 Å². The highest BCUT2D eigenvalue weighted by Gasteiger charge is 2.59. The van der Waals surface area contributed by atoms with E-state index in [1.165, 1.54) is 0 Å². The van der Waals surface area contributed by atoms with Crippen molar-refractivity contribution in [3.8, 4) is 0 Å². The normalized spacial score (nSPS) is 35.4. The quantitative estimate of drug-likeness (QED) is 0.468. The topological polar surface area (TPSA) is 98.8 Å². The molecule has 3 aliphatic heterocycles. The van der Waals surface area contributed by atoms with Crippen molar-refractivity contribution >= 4 is 11.9 Å². The second-order valence-electron chi connectivity index (χ2n) is 7.90. The van der Waals surface area contributed by atoms with Crippen molar-refractivity contribution in [2.45, 2.75) is 89.2 Å². The lowest BCUT2D eigenvalue weighted by Crippen LogP contribution is -2.45. The molecule has 3 aliphatic rings. The smallest absolute Gasteiger partial charge is 0.310 e. The van der Waals surface area contributed by atoms with Crippen molar-refractivity contribution in [2.24, 2.45) is 0 Å². The summed E-state index contributed by atoms with van der Waals surface area (Å²) in [4.78, 5) is 23.7. The van der Waals surface area contributed by atoms with Crippen LogP contribution in [0.3, 0.4) is 0 Å². The number of hydrogen-bond acceptors (Lipinski definition) is 9. The Labute approximate surface area is 164 Å². The van der Waals surface area contributed by atoms with Crippen LogP contribution in [0.1, 0.15) is 47.0 Å². The zero-order chi connectivity index (χ0) is 20.5. The minimum absolute atomic E-state index is 0.0601. The van der Waals surface area contributed by atoms with Crippen LogP contribution < -0.4 is 0 Å². The third kappa shape index (κ3) is 4.90. The first-order valence-electron chi connectivity index (χ1n) is 9.43.